The van der Waals surface area contributed by atoms with Gasteiger partial charge in [-0.05, 0) is 87.1 Å². The Bertz CT molecular complexity index is 1550. The highest BCUT2D eigenvalue weighted by Crippen LogP contribution is 2.47. The van der Waals surface area contributed by atoms with E-state index in [1.165, 1.54) is 0 Å². The van der Waals surface area contributed by atoms with E-state index in [2.05, 4.69) is 5.32 Å². The third-order valence-corrected chi connectivity index (χ3v) is 8.83. The Balaban J connectivity index is 1.46. The molecule has 3 aromatic rings. The maximum Gasteiger partial charge on any atom is 0.338 e. The number of esters is 1. The molecule has 0 spiro atoms. The molecule has 7 nitrogen and oxygen atoms in total. The first-order valence-corrected chi connectivity index (χ1v) is 15.8. The van der Waals surface area contributed by atoms with Crippen molar-refractivity contribution in [3.05, 3.63) is 105 Å². The number of benzene rings is 3. The Morgan fingerprint density at radius 1 is 0.977 bits per heavy atom. The molecule has 2 aliphatic rings. The van der Waals surface area contributed by atoms with E-state index in [0.29, 0.717) is 58.1 Å². The zero-order valence-electron chi connectivity index (χ0n) is 25.2. The number of hydrogen-bond acceptors (Lipinski definition) is 5. The van der Waals surface area contributed by atoms with Gasteiger partial charge in [0.1, 0.15) is 5.60 Å². The van der Waals surface area contributed by atoms with Gasteiger partial charge < -0.3 is 20.1 Å². The molecule has 1 aliphatic heterocycles. The highest BCUT2D eigenvalue weighted by atomic mass is 35.5. The van der Waals surface area contributed by atoms with Crippen molar-refractivity contribution in [2.75, 3.05) is 6.54 Å². The third kappa shape index (κ3) is 6.96. The molecule has 2 amide bonds. The van der Waals surface area contributed by atoms with Crippen LogP contribution in [0.25, 0.3) is 0 Å². The fraction of sp³-hybridized carbons (Fsp3) is 0.400. The Morgan fingerprint density at radius 2 is 1.73 bits per heavy atom. The number of fused-ring (bicyclic) bond motifs is 1. The van der Waals surface area contributed by atoms with Gasteiger partial charge in [0.15, 0.2) is 0 Å². The standard InChI is InChI=1S/C35H38Cl2N2O5/c1-35(2,3)44-34(43)22-10-8-9-21(19-22)17-18-38-32(41)30-24-11-4-5-12-25(24)33(42)39(28-13-6-7-14-29(28)40)31(30)26-16-15-23(36)20-27(26)37/h4-5,8-12,15-16,19-20,28-31,40H,6-7,13-14,17-18H2,1-3H3,(H,38,41)/t28?,29-,30+,31-/m0/s1. The summed E-state index contributed by atoms with van der Waals surface area (Å²) < 4.78 is 5.50. The molecule has 1 unspecified atom stereocenters. The van der Waals surface area contributed by atoms with Gasteiger partial charge in [-0.25, -0.2) is 4.79 Å². The summed E-state index contributed by atoms with van der Waals surface area (Å²) in [4.78, 5) is 42.6. The number of nitrogens with zero attached hydrogens (tertiary/aromatic N) is 1. The van der Waals surface area contributed by atoms with Gasteiger partial charge in [0.25, 0.3) is 5.91 Å². The number of halogens is 2. The second-order valence-electron chi connectivity index (χ2n) is 12.6. The van der Waals surface area contributed by atoms with E-state index in [4.69, 9.17) is 27.9 Å². The molecule has 0 saturated heterocycles. The quantitative estimate of drug-likeness (QED) is 0.275. The SMILES string of the molecule is CC(C)(C)OC(=O)c1cccc(CCNC(=O)[C@@H]2c3ccccc3C(=O)N(C3CCCC[C@@H]3O)[C@H]2c2ccc(Cl)cc2Cl)c1. The van der Waals surface area contributed by atoms with Crippen molar-refractivity contribution in [3.8, 4) is 0 Å². The van der Waals surface area contributed by atoms with Crippen LogP contribution < -0.4 is 5.32 Å². The molecule has 0 radical (unpaired) electrons. The lowest BCUT2D eigenvalue weighted by molar-refractivity contribution is -0.125. The Morgan fingerprint density at radius 3 is 2.45 bits per heavy atom. The van der Waals surface area contributed by atoms with Gasteiger partial charge in [-0.1, -0.05) is 72.4 Å². The van der Waals surface area contributed by atoms with Crippen LogP contribution in [0.15, 0.2) is 66.7 Å². The maximum absolute atomic E-state index is 14.2. The van der Waals surface area contributed by atoms with Gasteiger partial charge in [-0.2, -0.15) is 0 Å². The molecule has 232 valence electrons. The first-order chi connectivity index (χ1) is 20.9. The lowest BCUT2D eigenvalue weighted by Gasteiger charge is -2.48. The average molecular weight is 638 g/mol. The summed E-state index contributed by atoms with van der Waals surface area (Å²) in [6.45, 7) is 5.77. The topological polar surface area (TPSA) is 95.9 Å². The Kier molecular flexibility index (Phi) is 9.68. The van der Waals surface area contributed by atoms with Crippen LogP contribution in [0.5, 0.6) is 0 Å². The van der Waals surface area contributed by atoms with E-state index in [1.807, 2.05) is 39.0 Å². The van der Waals surface area contributed by atoms with Crippen molar-refractivity contribution < 1.29 is 24.2 Å². The van der Waals surface area contributed by atoms with Gasteiger partial charge in [0, 0.05) is 22.2 Å². The molecular formula is C35H38Cl2N2O5. The molecule has 1 heterocycles. The second kappa shape index (κ2) is 13.3. The van der Waals surface area contributed by atoms with Crippen molar-refractivity contribution in [1.29, 1.82) is 0 Å². The summed E-state index contributed by atoms with van der Waals surface area (Å²) in [5.74, 6) is -1.69. The molecule has 0 aromatic heterocycles. The van der Waals surface area contributed by atoms with Crippen LogP contribution >= 0.6 is 23.2 Å². The minimum Gasteiger partial charge on any atom is -0.456 e. The molecular weight excluding hydrogens is 599 g/mol. The number of carbonyl (C=O) groups is 3. The predicted octanol–water partition coefficient (Wildman–Crippen LogP) is 6.89. The molecule has 1 fully saturated rings. The Labute approximate surface area is 268 Å². The highest BCUT2D eigenvalue weighted by molar-refractivity contribution is 6.35. The van der Waals surface area contributed by atoms with E-state index in [9.17, 15) is 19.5 Å². The molecule has 2 N–H and O–H groups in total. The minimum atomic E-state index is -0.787. The number of aliphatic hydroxyl groups is 1. The van der Waals surface area contributed by atoms with Crippen LogP contribution in [0, 0.1) is 0 Å². The summed E-state index contributed by atoms with van der Waals surface area (Å²) in [6.07, 6.45) is 2.71. The summed E-state index contributed by atoms with van der Waals surface area (Å²) in [6, 6.07) is 18.2. The number of nitrogens with one attached hydrogen (secondary N) is 1. The molecule has 1 saturated carbocycles. The molecule has 1 aliphatic carbocycles. The van der Waals surface area contributed by atoms with Crippen molar-refractivity contribution in [3.63, 3.8) is 0 Å². The van der Waals surface area contributed by atoms with Crippen molar-refractivity contribution >= 4 is 41.0 Å². The summed E-state index contributed by atoms with van der Waals surface area (Å²) in [5.41, 5.74) is 2.36. The molecule has 4 atom stereocenters. The normalized spacial score (nSPS) is 21.9. The average Bonchev–Trinajstić information content (AvgIpc) is 2.97. The van der Waals surface area contributed by atoms with Gasteiger partial charge in [0.2, 0.25) is 5.91 Å². The lowest BCUT2D eigenvalue weighted by Crippen LogP contribution is -2.55. The van der Waals surface area contributed by atoms with Crippen LogP contribution in [0.3, 0.4) is 0 Å². The van der Waals surface area contributed by atoms with E-state index in [1.54, 1.807) is 53.4 Å². The van der Waals surface area contributed by atoms with Gasteiger partial charge >= 0.3 is 5.97 Å². The fourth-order valence-corrected chi connectivity index (χ4v) is 6.84. The number of rotatable bonds is 7. The molecule has 0 bridgehead atoms. The molecule has 5 rings (SSSR count). The van der Waals surface area contributed by atoms with Gasteiger partial charge in [-0.3, -0.25) is 9.59 Å². The van der Waals surface area contributed by atoms with E-state index in [-0.39, 0.29) is 11.8 Å². The van der Waals surface area contributed by atoms with E-state index < -0.39 is 35.7 Å². The fourth-order valence-electron chi connectivity index (χ4n) is 6.32. The predicted molar refractivity (Wildman–Crippen MR) is 171 cm³/mol. The number of aliphatic hydroxyl groups excluding tert-OH is 1. The molecule has 44 heavy (non-hydrogen) atoms. The van der Waals surface area contributed by atoms with Crippen molar-refractivity contribution in [1.82, 2.24) is 10.2 Å². The van der Waals surface area contributed by atoms with Crippen LogP contribution in [-0.2, 0) is 16.0 Å². The Hall–Kier alpha value is -3.39. The monoisotopic (exact) mass is 636 g/mol. The summed E-state index contributed by atoms with van der Waals surface area (Å²) >= 11 is 13.0. The largest absolute Gasteiger partial charge is 0.456 e. The molecule has 3 aromatic carbocycles. The number of ether oxygens (including phenoxy) is 1. The number of amides is 2. The van der Waals surface area contributed by atoms with Crippen LogP contribution in [0.1, 0.15) is 95.8 Å². The zero-order chi connectivity index (χ0) is 31.6. The van der Waals surface area contributed by atoms with Crippen molar-refractivity contribution in [2.45, 2.75) is 82.6 Å². The molecule has 9 heteroatoms. The van der Waals surface area contributed by atoms with Gasteiger partial charge in [0.05, 0.1) is 29.7 Å². The van der Waals surface area contributed by atoms with Crippen molar-refractivity contribution in [2.24, 2.45) is 0 Å². The third-order valence-electron chi connectivity index (χ3n) is 8.27. The van der Waals surface area contributed by atoms with E-state index in [0.717, 1.165) is 18.4 Å². The van der Waals surface area contributed by atoms with E-state index >= 15 is 0 Å². The zero-order valence-corrected chi connectivity index (χ0v) is 26.7. The summed E-state index contributed by atoms with van der Waals surface area (Å²) in [5, 5.41) is 15.0. The second-order valence-corrected chi connectivity index (χ2v) is 13.4. The smallest absolute Gasteiger partial charge is 0.338 e. The highest BCUT2D eigenvalue weighted by Gasteiger charge is 2.48. The number of carbonyl (C=O) groups excluding carboxylic acids is 3. The first-order valence-electron chi connectivity index (χ1n) is 15.1. The van der Waals surface area contributed by atoms with Crippen LogP contribution in [0.4, 0.5) is 0 Å². The maximum atomic E-state index is 14.2. The van der Waals surface area contributed by atoms with Gasteiger partial charge in [-0.15, -0.1) is 0 Å². The number of hydrogen-bond donors (Lipinski definition) is 2. The first kappa shape index (κ1) is 32.0. The van der Waals surface area contributed by atoms with Crippen LogP contribution in [-0.4, -0.2) is 52.1 Å². The summed E-state index contributed by atoms with van der Waals surface area (Å²) in [7, 11) is 0. The van der Waals surface area contributed by atoms with Crippen LogP contribution in [0.2, 0.25) is 10.0 Å². The minimum absolute atomic E-state index is 0.231. The lowest BCUT2D eigenvalue weighted by atomic mass is 9.76.